The maximum atomic E-state index is 6.04. The molecule has 0 saturated carbocycles. The van der Waals surface area contributed by atoms with Crippen molar-refractivity contribution in [1.82, 2.24) is 5.32 Å². The van der Waals surface area contributed by atoms with E-state index in [4.69, 9.17) is 28.9 Å². The Labute approximate surface area is 94.4 Å². The molecule has 0 amide bonds. The second kappa shape index (κ2) is 5.56. The summed E-state index contributed by atoms with van der Waals surface area (Å²) in [5, 5.41) is 4.68. The molecule has 0 aliphatic carbocycles. The lowest BCUT2D eigenvalue weighted by Crippen LogP contribution is -2.25. The quantitative estimate of drug-likeness (QED) is 0.838. The van der Waals surface area contributed by atoms with Crippen molar-refractivity contribution < 1.29 is 0 Å². The van der Waals surface area contributed by atoms with Crippen molar-refractivity contribution >= 4 is 23.2 Å². The Morgan fingerprint density at radius 1 is 1.43 bits per heavy atom. The van der Waals surface area contributed by atoms with E-state index in [0.717, 1.165) is 17.1 Å². The molecular formula is C10H14Cl2N2. The fourth-order valence-corrected chi connectivity index (χ4v) is 1.72. The highest BCUT2D eigenvalue weighted by molar-refractivity contribution is 6.33. The van der Waals surface area contributed by atoms with Gasteiger partial charge in [-0.1, -0.05) is 23.2 Å². The molecule has 0 fully saturated rings. The van der Waals surface area contributed by atoms with Gasteiger partial charge in [-0.05, 0) is 30.7 Å². The minimum absolute atomic E-state index is 0.171. The zero-order valence-corrected chi connectivity index (χ0v) is 9.57. The van der Waals surface area contributed by atoms with Gasteiger partial charge < -0.3 is 11.1 Å². The summed E-state index contributed by atoms with van der Waals surface area (Å²) in [7, 11) is 0. The molecule has 1 atom stereocenters. The van der Waals surface area contributed by atoms with Gasteiger partial charge in [-0.15, -0.1) is 0 Å². The summed E-state index contributed by atoms with van der Waals surface area (Å²) >= 11 is 11.9. The number of benzene rings is 1. The third-order valence-electron chi connectivity index (χ3n) is 2.02. The van der Waals surface area contributed by atoms with E-state index in [0.29, 0.717) is 11.6 Å². The summed E-state index contributed by atoms with van der Waals surface area (Å²) < 4.78 is 0. The summed E-state index contributed by atoms with van der Waals surface area (Å²) in [6.07, 6.45) is 0. The predicted molar refractivity (Wildman–Crippen MR) is 61.9 cm³/mol. The molecule has 1 aromatic rings. The average Bonchev–Trinajstić information content (AvgIpc) is 2.18. The standard InChI is InChI=1S/C10H14Cl2N2/c1-7(14-5-4-13)9-6-8(11)2-3-10(9)12/h2-3,6-7,14H,4-5,13H2,1H3. The van der Waals surface area contributed by atoms with Crippen LogP contribution in [0.2, 0.25) is 10.0 Å². The smallest absolute Gasteiger partial charge is 0.0454 e. The van der Waals surface area contributed by atoms with Crippen LogP contribution in [-0.4, -0.2) is 13.1 Å². The number of halogens is 2. The van der Waals surface area contributed by atoms with E-state index in [1.54, 1.807) is 12.1 Å². The highest BCUT2D eigenvalue weighted by atomic mass is 35.5. The molecule has 0 aliphatic heterocycles. The molecule has 0 saturated heterocycles. The summed E-state index contributed by atoms with van der Waals surface area (Å²) in [4.78, 5) is 0. The first kappa shape index (κ1) is 11.8. The molecule has 0 aromatic heterocycles. The minimum Gasteiger partial charge on any atom is -0.329 e. The van der Waals surface area contributed by atoms with Gasteiger partial charge in [0.25, 0.3) is 0 Å². The average molecular weight is 233 g/mol. The molecule has 3 N–H and O–H groups in total. The van der Waals surface area contributed by atoms with Gasteiger partial charge in [0.2, 0.25) is 0 Å². The molecule has 4 heteroatoms. The third-order valence-corrected chi connectivity index (χ3v) is 2.60. The van der Waals surface area contributed by atoms with Crippen LogP contribution in [0.5, 0.6) is 0 Å². The van der Waals surface area contributed by atoms with Crippen molar-refractivity contribution in [3.63, 3.8) is 0 Å². The van der Waals surface area contributed by atoms with E-state index in [2.05, 4.69) is 5.32 Å². The molecular weight excluding hydrogens is 219 g/mol. The molecule has 78 valence electrons. The monoisotopic (exact) mass is 232 g/mol. The van der Waals surface area contributed by atoms with Crippen LogP contribution >= 0.6 is 23.2 Å². The van der Waals surface area contributed by atoms with E-state index in [-0.39, 0.29) is 6.04 Å². The fraction of sp³-hybridized carbons (Fsp3) is 0.400. The lowest BCUT2D eigenvalue weighted by atomic mass is 10.1. The van der Waals surface area contributed by atoms with Crippen LogP contribution in [0.1, 0.15) is 18.5 Å². The molecule has 0 bridgehead atoms. The molecule has 1 aromatic carbocycles. The maximum absolute atomic E-state index is 6.04. The van der Waals surface area contributed by atoms with Crippen molar-refractivity contribution in [2.24, 2.45) is 5.73 Å². The van der Waals surface area contributed by atoms with Gasteiger partial charge >= 0.3 is 0 Å². The van der Waals surface area contributed by atoms with E-state index in [1.165, 1.54) is 0 Å². The van der Waals surface area contributed by atoms with Crippen LogP contribution in [0.4, 0.5) is 0 Å². The lowest BCUT2D eigenvalue weighted by molar-refractivity contribution is 0.582. The highest BCUT2D eigenvalue weighted by Gasteiger charge is 2.08. The molecule has 0 aliphatic rings. The highest BCUT2D eigenvalue weighted by Crippen LogP contribution is 2.25. The predicted octanol–water partition coefficient (Wildman–Crippen LogP) is 2.60. The fourth-order valence-electron chi connectivity index (χ4n) is 1.26. The number of nitrogens with two attached hydrogens (primary N) is 1. The maximum Gasteiger partial charge on any atom is 0.0454 e. The van der Waals surface area contributed by atoms with Gasteiger partial charge in [-0.2, -0.15) is 0 Å². The Morgan fingerprint density at radius 3 is 2.79 bits per heavy atom. The number of hydrogen-bond acceptors (Lipinski definition) is 2. The molecule has 1 rings (SSSR count). The van der Waals surface area contributed by atoms with Crippen LogP contribution in [0.25, 0.3) is 0 Å². The van der Waals surface area contributed by atoms with Gasteiger partial charge in [-0.25, -0.2) is 0 Å². The van der Waals surface area contributed by atoms with Crippen molar-refractivity contribution in [1.29, 1.82) is 0 Å². The molecule has 2 nitrogen and oxygen atoms in total. The van der Waals surface area contributed by atoms with Gasteiger partial charge in [0.05, 0.1) is 0 Å². The first-order valence-corrected chi connectivity index (χ1v) is 5.29. The molecule has 0 spiro atoms. The van der Waals surface area contributed by atoms with Crippen molar-refractivity contribution in [3.05, 3.63) is 33.8 Å². The van der Waals surface area contributed by atoms with Crippen molar-refractivity contribution in [2.45, 2.75) is 13.0 Å². The van der Waals surface area contributed by atoms with Crippen molar-refractivity contribution in [3.8, 4) is 0 Å². The van der Waals surface area contributed by atoms with Crippen molar-refractivity contribution in [2.75, 3.05) is 13.1 Å². The number of hydrogen-bond donors (Lipinski definition) is 2. The summed E-state index contributed by atoms with van der Waals surface area (Å²) in [6, 6.07) is 5.63. The zero-order valence-electron chi connectivity index (χ0n) is 8.06. The molecule has 0 heterocycles. The second-order valence-electron chi connectivity index (χ2n) is 3.13. The Kier molecular flexibility index (Phi) is 4.69. The van der Waals surface area contributed by atoms with E-state index < -0.39 is 0 Å². The zero-order chi connectivity index (χ0) is 10.6. The lowest BCUT2D eigenvalue weighted by Gasteiger charge is -2.15. The first-order chi connectivity index (χ1) is 6.65. The van der Waals surface area contributed by atoms with Crippen LogP contribution < -0.4 is 11.1 Å². The topological polar surface area (TPSA) is 38.0 Å². The Hall–Kier alpha value is -0.280. The van der Waals surface area contributed by atoms with Crippen LogP contribution in [0, 0.1) is 0 Å². The summed E-state index contributed by atoms with van der Waals surface area (Å²) in [6.45, 7) is 3.42. The van der Waals surface area contributed by atoms with Gasteiger partial charge in [0.15, 0.2) is 0 Å². The minimum atomic E-state index is 0.171. The first-order valence-electron chi connectivity index (χ1n) is 4.53. The second-order valence-corrected chi connectivity index (χ2v) is 3.97. The largest absolute Gasteiger partial charge is 0.329 e. The van der Waals surface area contributed by atoms with Crippen LogP contribution in [-0.2, 0) is 0 Å². The molecule has 14 heavy (non-hydrogen) atoms. The Bertz CT molecular complexity index is 302. The SMILES string of the molecule is CC(NCCN)c1cc(Cl)ccc1Cl. The Morgan fingerprint density at radius 2 is 2.14 bits per heavy atom. The number of nitrogens with one attached hydrogen (secondary N) is 1. The summed E-state index contributed by atoms with van der Waals surface area (Å²) in [5.41, 5.74) is 6.41. The molecule has 1 unspecified atom stereocenters. The third kappa shape index (κ3) is 3.14. The van der Waals surface area contributed by atoms with Crippen LogP contribution in [0.15, 0.2) is 18.2 Å². The van der Waals surface area contributed by atoms with Gasteiger partial charge in [0, 0.05) is 29.2 Å². The van der Waals surface area contributed by atoms with E-state index in [9.17, 15) is 0 Å². The summed E-state index contributed by atoms with van der Waals surface area (Å²) in [5.74, 6) is 0. The normalized spacial score (nSPS) is 12.9. The number of rotatable bonds is 4. The van der Waals surface area contributed by atoms with Crippen LogP contribution in [0.3, 0.4) is 0 Å². The van der Waals surface area contributed by atoms with E-state index >= 15 is 0 Å². The molecule has 0 radical (unpaired) electrons. The Balaban J connectivity index is 2.77. The van der Waals surface area contributed by atoms with Gasteiger partial charge in [0.1, 0.15) is 0 Å². The van der Waals surface area contributed by atoms with E-state index in [1.807, 2.05) is 13.0 Å². The van der Waals surface area contributed by atoms with Gasteiger partial charge in [-0.3, -0.25) is 0 Å².